The smallest absolute Gasteiger partial charge is 0.257 e. The number of rotatable bonds is 8. The zero-order valence-electron chi connectivity index (χ0n) is 11.8. The van der Waals surface area contributed by atoms with E-state index in [-0.39, 0.29) is 12.5 Å². The first kappa shape index (κ1) is 15.3. The number of hydrogen-bond acceptors (Lipinski definition) is 4. The van der Waals surface area contributed by atoms with E-state index < -0.39 is 0 Å². The van der Waals surface area contributed by atoms with E-state index in [1.54, 1.807) is 7.05 Å². The molecule has 0 radical (unpaired) electrons. The minimum Gasteiger partial charge on any atom is -0.493 e. The molecule has 19 heavy (non-hydrogen) atoms. The molecule has 0 bridgehead atoms. The largest absolute Gasteiger partial charge is 0.493 e. The minimum absolute atomic E-state index is 0.00441. The molecule has 0 aromatic heterocycles. The van der Waals surface area contributed by atoms with Crippen LogP contribution in [0.5, 0.6) is 11.5 Å². The summed E-state index contributed by atoms with van der Waals surface area (Å²) in [4.78, 5) is 11.2. The van der Waals surface area contributed by atoms with Gasteiger partial charge in [-0.1, -0.05) is 13.0 Å². The Morgan fingerprint density at radius 3 is 2.68 bits per heavy atom. The molecule has 2 N–H and O–H groups in total. The van der Waals surface area contributed by atoms with E-state index in [0.29, 0.717) is 18.9 Å². The highest BCUT2D eigenvalue weighted by Gasteiger charge is 2.07. The number of amides is 1. The highest BCUT2D eigenvalue weighted by Crippen LogP contribution is 2.25. The van der Waals surface area contributed by atoms with Crippen molar-refractivity contribution >= 4 is 5.91 Å². The van der Waals surface area contributed by atoms with Crippen LogP contribution in [-0.4, -0.2) is 33.2 Å². The van der Waals surface area contributed by atoms with Gasteiger partial charge in [-0.3, -0.25) is 4.79 Å². The van der Waals surface area contributed by atoms with Gasteiger partial charge in [0.25, 0.3) is 5.91 Å². The molecule has 0 atom stereocenters. The van der Waals surface area contributed by atoms with Crippen LogP contribution >= 0.6 is 0 Å². The van der Waals surface area contributed by atoms with Crippen LogP contribution < -0.4 is 20.1 Å². The first-order valence-electron chi connectivity index (χ1n) is 6.45. The third-order valence-electron chi connectivity index (χ3n) is 2.52. The molecule has 0 spiro atoms. The zero-order chi connectivity index (χ0) is 14.1. The number of carbonyl (C=O) groups excluding carboxylic acids is 1. The highest BCUT2D eigenvalue weighted by atomic mass is 16.5. The predicted octanol–water partition coefficient (Wildman–Crippen LogP) is 1.32. The average molecular weight is 266 g/mol. The van der Waals surface area contributed by atoms with Gasteiger partial charge >= 0.3 is 0 Å². The van der Waals surface area contributed by atoms with E-state index in [0.717, 1.165) is 17.7 Å². The van der Waals surface area contributed by atoms with Crippen molar-refractivity contribution in [2.75, 3.05) is 27.3 Å². The quantitative estimate of drug-likeness (QED) is 0.745. The Morgan fingerprint density at radius 2 is 2.05 bits per heavy atom. The predicted molar refractivity (Wildman–Crippen MR) is 74.6 cm³/mol. The average Bonchev–Trinajstić information content (AvgIpc) is 2.44. The second kappa shape index (κ2) is 8.37. The summed E-state index contributed by atoms with van der Waals surface area (Å²) in [5.41, 5.74) is 0.996. The van der Waals surface area contributed by atoms with Gasteiger partial charge in [0.1, 0.15) is 11.5 Å². The van der Waals surface area contributed by atoms with Crippen molar-refractivity contribution in [1.29, 1.82) is 0 Å². The molecule has 0 aliphatic rings. The standard InChI is InChI=1S/C14H22N2O3/c1-4-7-18-12-6-5-11(9-15-2)13(8-12)19-10-14(17)16-3/h5-6,8,15H,4,7,9-10H2,1-3H3,(H,16,17). The number of carbonyl (C=O) groups is 1. The van der Waals surface area contributed by atoms with Gasteiger partial charge < -0.3 is 20.1 Å². The number of likely N-dealkylation sites (N-methyl/N-ethyl adjacent to an activating group) is 1. The molecule has 1 aromatic rings. The Balaban J connectivity index is 2.78. The van der Waals surface area contributed by atoms with Crippen LogP contribution in [0.15, 0.2) is 18.2 Å². The molecular weight excluding hydrogens is 244 g/mol. The lowest BCUT2D eigenvalue weighted by Crippen LogP contribution is -2.25. The van der Waals surface area contributed by atoms with Gasteiger partial charge in [-0.05, 0) is 19.5 Å². The van der Waals surface area contributed by atoms with Crippen LogP contribution in [0, 0.1) is 0 Å². The molecule has 1 amide bonds. The third-order valence-corrected chi connectivity index (χ3v) is 2.52. The molecule has 1 rings (SSSR count). The van der Waals surface area contributed by atoms with Gasteiger partial charge in [-0.2, -0.15) is 0 Å². The molecule has 0 aliphatic carbocycles. The van der Waals surface area contributed by atoms with Gasteiger partial charge in [0, 0.05) is 25.2 Å². The third kappa shape index (κ3) is 5.18. The van der Waals surface area contributed by atoms with E-state index in [2.05, 4.69) is 17.6 Å². The summed E-state index contributed by atoms with van der Waals surface area (Å²) < 4.78 is 11.1. The van der Waals surface area contributed by atoms with Crippen molar-refractivity contribution in [1.82, 2.24) is 10.6 Å². The van der Waals surface area contributed by atoms with Crippen LogP contribution in [0.1, 0.15) is 18.9 Å². The van der Waals surface area contributed by atoms with Crippen LogP contribution in [-0.2, 0) is 11.3 Å². The summed E-state index contributed by atoms with van der Waals surface area (Å²) >= 11 is 0. The maximum Gasteiger partial charge on any atom is 0.257 e. The van der Waals surface area contributed by atoms with Crippen molar-refractivity contribution in [3.8, 4) is 11.5 Å². The monoisotopic (exact) mass is 266 g/mol. The first-order valence-corrected chi connectivity index (χ1v) is 6.45. The number of benzene rings is 1. The summed E-state index contributed by atoms with van der Waals surface area (Å²) in [6.45, 7) is 3.40. The Hall–Kier alpha value is -1.75. The summed E-state index contributed by atoms with van der Waals surface area (Å²) in [5, 5.41) is 5.59. The highest BCUT2D eigenvalue weighted by molar-refractivity contribution is 5.77. The van der Waals surface area contributed by atoms with Crippen molar-refractivity contribution < 1.29 is 14.3 Å². The molecular formula is C14H22N2O3. The molecule has 0 unspecified atom stereocenters. The van der Waals surface area contributed by atoms with Crippen molar-refractivity contribution in [3.05, 3.63) is 23.8 Å². The molecule has 5 heteroatoms. The minimum atomic E-state index is -0.157. The fraction of sp³-hybridized carbons (Fsp3) is 0.500. The summed E-state index contributed by atoms with van der Waals surface area (Å²) in [5.74, 6) is 1.27. The summed E-state index contributed by atoms with van der Waals surface area (Å²) in [7, 11) is 3.45. The molecule has 0 saturated heterocycles. The Labute approximate surface area is 114 Å². The molecule has 0 aliphatic heterocycles. The van der Waals surface area contributed by atoms with Gasteiger partial charge in [0.05, 0.1) is 6.61 Å². The van der Waals surface area contributed by atoms with Gasteiger partial charge in [-0.15, -0.1) is 0 Å². The lowest BCUT2D eigenvalue weighted by molar-refractivity contribution is -0.122. The summed E-state index contributed by atoms with van der Waals surface area (Å²) in [6, 6.07) is 5.68. The number of hydrogen-bond donors (Lipinski definition) is 2. The fourth-order valence-electron chi connectivity index (χ4n) is 1.53. The molecule has 1 aromatic carbocycles. The van der Waals surface area contributed by atoms with Crippen LogP contribution in [0.4, 0.5) is 0 Å². The van der Waals surface area contributed by atoms with Crippen LogP contribution in [0.2, 0.25) is 0 Å². The van der Waals surface area contributed by atoms with E-state index in [1.165, 1.54) is 0 Å². The van der Waals surface area contributed by atoms with Crippen molar-refractivity contribution in [2.45, 2.75) is 19.9 Å². The zero-order valence-corrected chi connectivity index (χ0v) is 11.8. The SMILES string of the molecule is CCCOc1ccc(CNC)c(OCC(=O)NC)c1. The van der Waals surface area contributed by atoms with E-state index >= 15 is 0 Å². The van der Waals surface area contributed by atoms with E-state index in [1.807, 2.05) is 25.2 Å². The van der Waals surface area contributed by atoms with Crippen LogP contribution in [0.3, 0.4) is 0 Å². The lowest BCUT2D eigenvalue weighted by atomic mass is 10.2. The first-order chi connectivity index (χ1) is 9.21. The van der Waals surface area contributed by atoms with E-state index in [9.17, 15) is 4.79 Å². The topological polar surface area (TPSA) is 59.6 Å². The van der Waals surface area contributed by atoms with E-state index in [4.69, 9.17) is 9.47 Å². The molecule has 106 valence electrons. The molecule has 0 heterocycles. The number of ether oxygens (including phenoxy) is 2. The molecule has 0 fully saturated rings. The summed E-state index contributed by atoms with van der Waals surface area (Å²) in [6.07, 6.45) is 0.951. The fourth-order valence-corrected chi connectivity index (χ4v) is 1.53. The van der Waals surface area contributed by atoms with Gasteiger partial charge in [0.2, 0.25) is 0 Å². The Kier molecular flexibility index (Phi) is 6.74. The van der Waals surface area contributed by atoms with Crippen molar-refractivity contribution in [3.63, 3.8) is 0 Å². The number of nitrogens with one attached hydrogen (secondary N) is 2. The van der Waals surface area contributed by atoms with Crippen molar-refractivity contribution in [2.24, 2.45) is 0 Å². The second-order valence-electron chi connectivity index (χ2n) is 4.11. The normalized spacial score (nSPS) is 10.1. The lowest BCUT2D eigenvalue weighted by Gasteiger charge is -2.13. The van der Waals surface area contributed by atoms with Crippen LogP contribution in [0.25, 0.3) is 0 Å². The molecule has 5 nitrogen and oxygen atoms in total. The van der Waals surface area contributed by atoms with Gasteiger partial charge in [-0.25, -0.2) is 0 Å². The Morgan fingerprint density at radius 1 is 1.26 bits per heavy atom. The molecule has 0 saturated carbocycles. The second-order valence-corrected chi connectivity index (χ2v) is 4.11. The Bertz CT molecular complexity index is 408. The maximum atomic E-state index is 11.2. The maximum absolute atomic E-state index is 11.2. The van der Waals surface area contributed by atoms with Gasteiger partial charge in [0.15, 0.2) is 6.61 Å².